The monoisotopic (exact) mass is 286 g/mol. The van der Waals surface area contributed by atoms with Gasteiger partial charge >= 0.3 is 0 Å². The summed E-state index contributed by atoms with van der Waals surface area (Å²) in [5, 5.41) is 11.0. The minimum absolute atomic E-state index is 0.215. The summed E-state index contributed by atoms with van der Waals surface area (Å²) in [6.45, 7) is 0.755. The number of hydrogen-bond donors (Lipinski definition) is 0. The molecule has 1 heterocycles. The molecule has 1 aliphatic rings. The second-order valence-electron chi connectivity index (χ2n) is 4.85. The second kappa shape index (κ2) is 4.97. The fourth-order valence-corrected chi connectivity index (χ4v) is 2.49. The average Bonchev–Trinajstić information content (AvgIpc) is 2.89. The van der Waals surface area contributed by atoms with Gasteiger partial charge in [0.2, 0.25) is 0 Å². The smallest absolute Gasteiger partial charge is 0.282 e. The van der Waals surface area contributed by atoms with Gasteiger partial charge in [-0.1, -0.05) is 24.3 Å². The molecule has 0 saturated carbocycles. The predicted molar refractivity (Wildman–Crippen MR) is 73.1 cm³/mol. The number of amides is 1. The third kappa shape index (κ3) is 2.35. The molecule has 2 aromatic rings. The molecular weight excluding hydrogens is 275 g/mol. The maximum absolute atomic E-state index is 13.3. The number of rotatable bonds is 2. The van der Waals surface area contributed by atoms with Crippen LogP contribution in [-0.4, -0.2) is 15.7 Å². The summed E-state index contributed by atoms with van der Waals surface area (Å²) in [5.74, 6) is -1.20. The van der Waals surface area contributed by atoms with Crippen LogP contribution >= 0.6 is 0 Å². The van der Waals surface area contributed by atoms with E-state index in [1.54, 1.807) is 0 Å². The predicted octanol–water partition coefficient (Wildman–Crippen LogP) is 2.89. The molecule has 6 heteroatoms. The number of carbonyl (C=O) groups excluding carboxylic acids is 1. The lowest BCUT2D eigenvalue weighted by Gasteiger charge is -2.15. The summed E-state index contributed by atoms with van der Waals surface area (Å²) >= 11 is 0. The normalized spacial score (nSPS) is 13.1. The summed E-state index contributed by atoms with van der Waals surface area (Å²) in [5.41, 5.74) is 1.42. The van der Waals surface area contributed by atoms with Crippen LogP contribution in [0.5, 0.6) is 0 Å². The zero-order valence-corrected chi connectivity index (χ0v) is 11.0. The van der Waals surface area contributed by atoms with Crippen molar-refractivity contribution >= 4 is 11.6 Å². The standard InChI is InChI=1S/C15H11FN2O3/c16-12-5-6-14(18(20)21)13(7-12)15(19)17-8-10-3-1-2-4-11(10)9-17/h1-7H,8-9H2. The Kier molecular flexibility index (Phi) is 3.13. The van der Waals surface area contributed by atoms with Gasteiger partial charge in [0.1, 0.15) is 11.4 Å². The molecule has 0 radical (unpaired) electrons. The lowest BCUT2D eigenvalue weighted by atomic mass is 10.1. The molecule has 5 nitrogen and oxygen atoms in total. The zero-order valence-electron chi connectivity index (χ0n) is 11.0. The van der Waals surface area contributed by atoms with E-state index in [4.69, 9.17) is 0 Å². The molecular formula is C15H11FN2O3. The number of fused-ring (bicyclic) bond motifs is 1. The van der Waals surface area contributed by atoms with E-state index in [2.05, 4.69) is 0 Å². The van der Waals surface area contributed by atoms with Gasteiger partial charge in [-0.15, -0.1) is 0 Å². The molecule has 106 valence electrons. The van der Waals surface area contributed by atoms with Gasteiger partial charge in [-0.3, -0.25) is 14.9 Å². The van der Waals surface area contributed by atoms with E-state index < -0.39 is 16.6 Å². The van der Waals surface area contributed by atoms with Gasteiger partial charge in [-0.2, -0.15) is 0 Å². The summed E-state index contributed by atoms with van der Waals surface area (Å²) in [6, 6.07) is 10.5. The van der Waals surface area contributed by atoms with Crippen molar-refractivity contribution in [2.45, 2.75) is 13.1 Å². The molecule has 0 spiro atoms. The fourth-order valence-electron chi connectivity index (χ4n) is 2.49. The van der Waals surface area contributed by atoms with E-state index in [0.29, 0.717) is 13.1 Å². The van der Waals surface area contributed by atoms with E-state index in [9.17, 15) is 19.3 Å². The number of halogens is 1. The highest BCUT2D eigenvalue weighted by Gasteiger charge is 2.29. The molecule has 0 saturated heterocycles. The number of nitro benzene ring substituents is 1. The van der Waals surface area contributed by atoms with Crippen LogP contribution in [0, 0.1) is 15.9 Å². The molecule has 3 rings (SSSR count). The summed E-state index contributed by atoms with van der Waals surface area (Å²) in [7, 11) is 0. The molecule has 0 unspecified atom stereocenters. The number of nitro groups is 1. The van der Waals surface area contributed by atoms with Gasteiger partial charge in [0, 0.05) is 19.2 Å². The molecule has 2 aromatic carbocycles. The van der Waals surface area contributed by atoms with E-state index in [0.717, 1.165) is 29.3 Å². The number of benzene rings is 2. The Labute approximate surface area is 119 Å². The number of nitrogens with zero attached hydrogens (tertiary/aromatic N) is 2. The van der Waals surface area contributed by atoms with Crippen molar-refractivity contribution in [2.24, 2.45) is 0 Å². The highest BCUT2D eigenvalue weighted by molar-refractivity contribution is 5.98. The summed E-state index contributed by atoms with van der Waals surface area (Å²) in [6.07, 6.45) is 0. The van der Waals surface area contributed by atoms with Gasteiger partial charge in [0.25, 0.3) is 11.6 Å². The Morgan fingerprint density at radius 2 is 1.76 bits per heavy atom. The van der Waals surface area contributed by atoms with Gasteiger partial charge in [0.05, 0.1) is 4.92 Å². The SMILES string of the molecule is O=C(c1cc(F)ccc1[N+](=O)[O-])N1Cc2ccccc2C1. The first-order valence-corrected chi connectivity index (χ1v) is 6.36. The maximum atomic E-state index is 13.3. The van der Waals surface area contributed by atoms with Crippen LogP contribution in [0.3, 0.4) is 0 Å². The topological polar surface area (TPSA) is 63.4 Å². The van der Waals surface area contributed by atoms with Crippen LogP contribution in [0.1, 0.15) is 21.5 Å². The third-order valence-electron chi connectivity index (χ3n) is 3.51. The minimum Gasteiger partial charge on any atom is -0.330 e. The molecule has 0 aliphatic carbocycles. The van der Waals surface area contributed by atoms with Crippen LogP contribution in [0.25, 0.3) is 0 Å². The second-order valence-corrected chi connectivity index (χ2v) is 4.85. The van der Waals surface area contributed by atoms with Gasteiger partial charge < -0.3 is 4.90 Å². The van der Waals surface area contributed by atoms with Crippen molar-refractivity contribution in [1.82, 2.24) is 4.90 Å². The first-order valence-electron chi connectivity index (χ1n) is 6.36. The largest absolute Gasteiger partial charge is 0.330 e. The summed E-state index contributed by atoms with van der Waals surface area (Å²) in [4.78, 5) is 24.2. The number of carbonyl (C=O) groups is 1. The molecule has 0 N–H and O–H groups in total. The highest BCUT2D eigenvalue weighted by atomic mass is 19.1. The lowest BCUT2D eigenvalue weighted by Crippen LogP contribution is -2.26. The van der Waals surface area contributed by atoms with E-state index in [-0.39, 0.29) is 11.3 Å². The van der Waals surface area contributed by atoms with Crippen LogP contribution in [0.2, 0.25) is 0 Å². The van der Waals surface area contributed by atoms with Crippen molar-refractivity contribution in [2.75, 3.05) is 0 Å². The van der Waals surface area contributed by atoms with Crippen LogP contribution in [-0.2, 0) is 13.1 Å². The Morgan fingerprint density at radius 3 is 2.33 bits per heavy atom. The van der Waals surface area contributed by atoms with E-state index >= 15 is 0 Å². The zero-order chi connectivity index (χ0) is 15.0. The Balaban J connectivity index is 1.94. The Bertz CT molecular complexity index is 720. The first-order chi connectivity index (χ1) is 10.1. The Hall–Kier alpha value is -2.76. The lowest BCUT2D eigenvalue weighted by molar-refractivity contribution is -0.385. The van der Waals surface area contributed by atoms with Crippen molar-refractivity contribution in [1.29, 1.82) is 0 Å². The van der Waals surface area contributed by atoms with Gasteiger partial charge in [0.15, 0.2) is 0 Å². The molecule has 1 aliphatic heterocycles. The summed E-state index contributed by atoms with van der Waals surface area (Å²) < 4.78 is 13.3. The average molecular weight is 286 g/mol. The molecule has 0 atom stereocenters. The third-order valence-corrected chi connectivity index (χ3v) is 3.51. The van der Waals surface area contributed by atoms with Gasteiger partial charge in [-0.25, -0.2) is 4.39 Å². The molecule has 0 fully saturated rings. The Morgan fingerprint density at radius 1 is 1.14 bits per heavy atom. The van der Waals surface area contributed by atoms with E-state index in [1.165, 1.54) is 4.90 Å². The minimum atomic E-state index is -0.671. The maximum Gasteiger partial charge on any atom is 0.282 e. The molecule has 1 amide bonds. The first kappa shape index (κ1) is 13.2. The molecule has 0 bridgehead atoms. The van der Waals surface area contributed by atoms with Crippen molar-refractivity contribution in [3.05, 3.63) is 75.1 Å². The van der Waals surface area contributed by atoms with Crippen molar-refractivity contribution in [3.8, 4) is 0 Å². The van der Waals surface area contributed by atoms with Crippen LogP contribution in [0.15, 0.2) is 42.5 Å². The van der Waals surface area contributed by atoms with Crippen LogP contribution in [0.4, 0.5) is 10.1 Å². The van der Waals surface area contributed by atoms with E-state index in [1.807, 2.05) is 24.3 Å². The molecule has 21 heavy (non-hydrogen) atoms. The van der Waals surface area contributed by atoms with Crippen molar-refractivity contribution in [3.63, 3.8) is 0 Å². The van der Waals surface area contributed by atoms with Crippen molar-refractivity contribution < 1.29 is 14.1 Å². The van der Waals surface area contributed by atoms with Gasteiger partial charge in [-0.05, 0) is 23.3 Å². The molecule has 0 aromatic heterocycles. The highest BCUT2D eigenvalue weighted by Crippen LogP contribution is 2.27. The van der Waals surface area contributed by atoms with Crippen LogP contribution < -0.4 is 0 Å². The number of hydrogen-bond acceptors (Lipinski definition) is 3. The fraction of sp³-hybridized carbons (Fsp3) is 0.133. The quantitative estimate of drug-likeness (QED) is 0.630.